The number of nitrogens with zero attached hydrogens (tertiary/aromatic N) is 5. The molecule has 0 spiro atoms. The van der Waals surface area contributed by atoms with Crippen LogP contribution in [-0.2, 0) is 0 Å². The van der Waals surface area contributed by atoms with Crippen LogP contribution in [0.25, 0.3) is 22.3 Å². The Balaban J connectivity index is 1.68. The molecule has 3 heterocycles. The summed E-state index contributed by atoms with van der Waals surface area (Å²) in [5, 5.41) is 14.7. The van der Waals surface area contributed by atoms with E-state index in [0.29, 0.717) is 12.3 Å². The molecule has 6 nitrogen and oxygen atoms in total. The summed E-state index contributed by atoms with van der Waals surface area (Å²) in [6.45, 7) is 2.26. The molecule has 1 N–H and O–H groups in total. The van der Waals surface area contributed by atoms with Gasteiger partial charge in [0.05, 0.1) is 30.4 Å². The lowest BCUT2D eigenvalue weighted by molar-refractivity contribution is 0.134. The quantitative estimate of drug-likeness (QED) is 0.801. The highest BCUT2D eigenvalue weighted by molar-refractivity contribution is 5.89. The van der Waals surface area contributed by atoms with Crippen molar-refractivity contribution in [3.63, 3.8) is 0 Å². The minimum absolute atomic E-state index is 0.161. The Kier molecular flexibility index (Phi) is 3.34. The van der Waals surface area contributed by atoms with Gasteiger partial charge in [-0.05, 0) is 30.7 Å². The Morgan fingerprint density at radius 3 is 3.09 bits per heavy atom. The van der Waals surface area contributed by atoms with Crippen LogP contribution in [0.4, 0.5) is 0 Å². The Morgan fingerprint density at radius 1 is 1.43 bits per heavy atom. The van der Waals surface area contributed by atoms with Gasteiger partial charge in [0.2, 0.25) is 0 Å². The van der Waals surface area contributed by atoms with Gasteiger partial charge in [-0.25, -0.2) is 9.97 Å². The highest BCUT2D eigenvalue weighted by Crippen LogP contribution is 2.42. The van der Waals surface area contributed by atoms with Crippen LogP contribution in [0.1, 0.15) is 32.2 Å². The summed E-state index contributed by atoms with van der Waals surface area (Å²) in [5.41, 5.74) is 2.66. The van der Waals surface area contributed by atoms with Gasteiger partial charge in [0.25, 0.3) is 0 Å². The fourth-order valence-electron chi connectivity index (χ4n) is 3.59. The van der Waals surface area contributed by atoms with E-state index in [-0.39, 0.29) is 6.04 Å². The van der Waals surface area contributed by atoms with E-state index in [4.69, 9.17) is 5.26 Å². The van der Waals surface area contributed by atoms with Gasteiger partial charge in [0.1, 0.15) is 12.0 Å². The number of rotatable bonds is 4. The summed E-state index contributed by atoms with van der Waals surface area (Å²) >= 11 is 0. The lowest BCUT2D eigenvalue weighted by Gasteiger charge is -2.37. The number of nitrogens with one attached hydrogen (secondary N) is 1. The molecule has 4 rings (SSSR count). The molecule has 0 aromatic carbocycles. The van der Waals surface area contributed by atoms with Gasteiger partial charge < -0.3 is 4.98 Å². The van der Waals surface area contributed by atoms with Crippen molar-refractivity contribution >= 4 is 11.0 Å². The second kappa shape index (κ2) is 5.51. The summed E-state index contributed by atoms with van der Waals surface area (Å²) in [5.74, 6) is 1.31. The van der Waals surface area contributed by atoms with E-state index in [1.54, 1.807) is 6.33 Å². The molecular weight excluding hydrogens is 288 g/mol. The minimum atomic E-state index is 0.161. The van der Waals surface area contributed by atoms with Gasteiger partial charge in [-0.3, -0.25) is 4.68 Å². The molecule has 0 aliphatic heterocycles. The van der Waals surface area contributed by atoms with Gasteiger partial charge in [-0.2, -0.15) is 10.4 Å². The fraction of sp³-hybridized carbons (Fsp3) is 0.412. The standard InChI is InChI=1S/C17H18N6/c1-11-6-12(7-11)15(2-4-18)23-9-13(8-22-23)16-14-3-5-19-17(14)21-10-20-16/h3,5,8-12,15H,2,6-7H2,1H3,(H,19,20,21). The lowest BCUT2D eigenvalue weighted by Crippen LogP contribution is -2.30. The van der Waals surface area contributed by atoms with Crippen LogP contribution in [0.2, 0.25) is 0 Å². The Bertz CT molecular complexity index is 864. The first-order chi connectivity index (χ1) is 11.3. The Morgan fingerprint density at radius 2 is 2.30 bits per heavy atom. The van der Waals surface area contributed by atoms with Gasteiger partial charge in [0, 0.05) is 23.3 Å². The van der Waals surface area contributed by atoms with Crippen LogP contribution >= 0.6 is 0 Å². The van der Waals surface area contributed by atoms with Crippen LogP contribution in [0.3, 0.4) is 0 Å². The largest absolute Gasteiger partial charge is 0.346 e. The van der Waals surface area contributed by atoms with Crippen molar-refractivity contribution in [2.75, 3.05) is 0 Å². The number of aromatic nitrogens is 5. The van der Waals surface area contributed by atoms with E-state index in [1.807, 2.05) is 29.3 Å². The molecule has 116 valence electrons. The topological polar surface area (TPSA) is 83.2 Å². The fourth-order valence-corrected chi connectivity index (χ4v) is 3.59. The van der Waals surface area contributed by atoms with Crippen molar-refractivity contribution in [1.82, 2.24) is 24.7 Å². The normalized spacial score (nSPS) is 21.7. The third kappa shape index (κ3) is 2.38. The predicted octanol–water partition coefficient (Wildman–Crippen LogP) is 3.32. The van der Waals surface area contributed by atoms with Gasteiger partial charge >= 0.3 is 0 Å². The Hall–Kier alpha value is -2.68. The third-order valence-electron chi connectivity index (χ3n) is 4.82. The van der Waals surface area contributed by atoms with Crippen molar-refractivity contribution in [2.24, 2.45) is 11.8 Å². The zero-order chi connectivity index (χ0) is 15.8. The van der Waals surface area contributed by atoms with Gasteiger partial charge in [0.15, 0.2) is 0 Å². The highest BCUT2D eigenvalue weighted by atomic mass is 15.3. The molecule has 0 bridgehead atoms. The van der Waals surface area contributed by atoms with E-state index < -0.39 is 0 Å². The van der Waals surface area contributed by atoms with Gasteiger partial charge in [-0.15, -0.1) is 0 Å². The predicted molar refractivity (Wildman–Crippen MR) is 86.3 cm³/mol. The average Bonchev–Trinajstić information content (AvgIpc) is 3.18. The maximum absolute atomic E-state index is 9.15. The molecule has 0 amide bonds. The van der Waals surface area contributed by atoms with E-state index in [0.717, 1.165) is 28.2 Å². The molecule has 1 atom stereocenters. The monoisotopic (exact) mass is 306 g/mol. The van der Waals surface area contributed by atoms with Crippen molar-refractivity contribution < 1.29 is 0 Å². The molecule has 0 radical (unpaired) electrons. The summed E-state index contributed by atoms with van der Waals surface area (Å²) in [6.07, 6.45) is 10.1. The van der Waals surface area contributed by atoms with Crippen LogP contribution in [0, 0.1) is 23.2 Å². The lowest BCUT2D eigenvalue weighted by atomic mass is 9.71. The van der Waals surface area contributed by atoms with Crippen LogP contribution in [0.15, 0.2) is 31.0 Å². The molecule has 1 saturated carbocycles. The smallest absolute Gasteiger partial charge is 0.141 e. The zero-order valence-corrected chi connectivity index (χ0v) is 13.0. The number of fused-ring (bicyclic) bond motifs is 1. The maximum atomic E-state index is 9.15. The molecule has 1 aliphatic rings. The van der Waals surface area contributed by atoms with Gasteiger partial charge in [-0.1, -0.05) is 6.92 Å². The number of hydrogen-bond acceptors (Lipinski definition) is 4. The van der Waals surface area contributed by atoms with Crippen molar-refractivity contribution in [1.29, 1.82) is 5.26 Å². The van der Waals surface area contributed by atoms with Crippen molar-refractivity contribution in [3.8, 4) is 17.3 Å². The molecule has 0 saturated heterocycles. The van der Waals surface area contributed by atoms with Crippen molar-refractivity contribution in [2.45, 2.75) is 32.2 Å². The first kappa shape index (κ1) is 13.9. The summed E-state index contributed by atoms with van der Waals surface area (Å²) in [6, 6.07) is 4.45. The SMILES string of the molecule is CC1CC(C(CC#N)n2cc(-c3ncnc4[nH]ccc34)cn2)C1. The third-order valence-corrected chi connectivity index (χ3v) is 4.82. The first-order valence-electron chi connectivity index (χ1n) is 7.96. The minimum Gasteiger partial charge on any atom is -0.346 e. The maximum Gasteiger partial charge on any atom is 0.141 e. The molecule has 1 fully saturated rings. The van der Waals surface area contributed by atoms with E-state index in [9.17, 15) is 0 Å². The molecule has 3 aromatic heterocycles. The number of aromatic amines is 1. The second-order valence-corrected chi connectivity index (χ2v) is 6.44. The number of hydrogen-bond donors (Lipinski definition) is 1. The Labute approximate surface area is 134 Å². The molecule has 3 aromatic rings. The first-order valence-corrected chi connectivity index (χ1v) is 7.96. The number of H-pyrrole nitrogens is 1. The molecular formula is C17H18N6. The summed E-state index contributed by atoms with van der Waals surface area (Å²) in [7, 11) is 0. The van der Waals surface area contributed by atoms with Crippen LogP contribution in [0.5, 0.6) is 0 Å². The van der Waals surface area contributed by atoms with Crippen LogP contribution in [-0.4, -0.2) is 24.7 Å². The molecule has 1 unspecified atom stereocenters. The van der Waals surface area contributed by atoms with E-state index in [2.05, 4.69) is 33.0 Å². The molecule has 1 aliphatic carbocycles. The molecule has 23 heavy (non-hydrogen) atoms. The van der Waals surface area contributed by atoms with Crippen LogP contribution < -0.4 is 0 Å². The highest BCUT2D eigenvalue weighted by Gasteiger charge is 2.34. The molecule has 6 heteroatoms. The van der Waals surface area contributed by atoms with E-state index in [1.165, 1.54) is 12.8 Å². The number of nitriles is 1. The van der Waals surface area contributed by atoms with Crippen molar-refractivity contribution in [3.05, 3.63) is 31.0 Å². The summed E-state index contributed by atoms with van der Waals surface area (Å²) < 4.78 is 1.95. The van der Waals surface area contributed by atoms with E-state index >= 15 is 0 Å². The zero-order valence-electron chi connectivity index (χ0n) is 13.0. The summed E-state index contributed by atoms with van der Waals surface area (Å²) in [4.78, 5) is 11.7. The second-order valence-electron chi connectivity index (χ2n) is 6.44. The average molecular weight is 306 g/mol.